The van der Waals surface area contributed by atoms with Crippen LogP contribution in [0, 0.1) is 5.92 Å². The molecule has 0 amide bonds. The largest absolute Gasteiger partial charge is 0.494 e. The summed E-state index contributed by atoms with van der Waals surface area (Å²) >= 11 is 0. The van der Waals surface area contributed by atoms with Crippen LogP contribution >= 0.6 is 0 Å². The zero-order valence-corrected chi connectivity index (χ0v) is 17.7. The number of alkyl halides is 2. The molecule has 1 fully saturated rings. The van der Waals surface area contributed by atoms with E-state index in [1.807, 2.05) is 12.1 Å². The molecule has 1 aliphatic rings. The van der Waals surface area contributed by atoms with Crippen LogP contribution in [0.3, 0.4) is 0 Å². The fraction of sp³-hybridized carbons (Fsp3) is 0.708. The van der Waals surface area contributed by atoms with Gasteiger partial charge in [0.1, 0.15) is 5.75 Å². The Hall–Kier alpha value is -1.65. The third-order valence-corrected chi connectivity index (χ3v) is 5.78. The first-order valence-electron chi connectivity index (χ1n) is 11.3. The van der Waals surface area contributed by atoms with Gasteiger partial charge in [0, 0.05) is 0 Å². The summed E-state index contributed by atoms with van der Waals surface area (Å²) in [5.74, 6) is 0.600. The zero-order valence-electron chi connectivity index (χ0n) is 17.7. The number of unbranched alkanes of at least 4 members (excludes halogenated alkanes) is 6. The van der Waals surface area contributed by atoms with Gasteiger partial charge in [0.15, 0.2) is 6.61 Å². The average Bonchev–Trinajstić information content (AvgIpc) is 2.74. The van der Waals surface area contributed by atoms with Gasteiger partial charge in [-0.15, -0.1) is 0 Å². The van der Waals surface area contributed by atoms with E-state index in [0.29, 0.717) is 18.8 Å². The average molecular weight is 411 g/mol. The standard InChI is InChI=1S/C24H36F2O3/c1-2-3-4-5-6-7-8-17-28-22-15-13-20(14-16-22)19-9-11-21(12-10-19)24(27)29-18-23(25)26/h13-16,19,21,23H,2-12,17-18H2,1H3. The van der Waals surface area contributed by atoms with Crippen LogP contribution in [0.2, 0.25) is 0 Å². The molecule has 0 spiro atoms. The normalized spacial score (nSPS) is 19.3. The molecule has 0 bridgehead atoms. The molecule has 2 rings (SSSR count). The molecule has 1 aromatic carbocycles. The lowest BCUT2D eigenvalue weighted by atomic mass is 9.79. The smallest absolute Gasteiger partial charge is 0.309 e. The number of benzene rings is 1. The summed E-state index contributed by atoms with van der Waals surface area (Å²) in [5, 5.41) is 0. The second kappa shape index (κ2) is 13.6. The second-order valence-electron chi connectivity index (χ2n) is 8.11. The van der Waals surface area contributed by atoms with Crippen LogP contribution in [0.1, 0.15) is 89.0 Å². The van der Waals surface area contributed by atoms with Gasteiger partial charge in [0.05, 0.1) is 12.5 Å². The molecule has 1 saturated carbocycles. The Morgan fingerprint density at radius 1 is 0.966 bits per heavy atom. The number of carbonyl (C=O) groups is 1. The molecular formula is C24H36F2O3. The van der Waals surface area contributed by atoms with Crippen molar-refractivity contribution >= 4 is 5.97 Å². The van der Waals surface area contributed by atoms with Crippen molar-refractivity contribution in [1.29, 1.82) is 0 Å². The molecule has 3 nitrogen and oxygen atoms in total. The second-order valence-corrected chi connectivity index (χ2v) is 8.11. The quantitative estimate of drug-likeness (QED) is 0.262. The van der Waals surface area contributed by atoms with Crippen LogP contribution in [-0.2, 0) is 9.53 Å². The Morgan fingerprint density at radius 3 is 2.21 bits per heavy atom. The summed E-state index contributed by atoms with van der Waals surface area (Å²) in [6.07, 6.45) is 9.48. The van der Waals surface area contributed by atoms with Crippen molar-refractivity contribution in [2.75, 3.05) is 13.2 Å². The predicted molar refractivity (Wildman–Crippen MR) is 112 cm³/mol. The van der Waals surface area contributed by atoms with Crippen molar-refractivity contribution in [1.82, 2.24) is 0 Å². The highest BCUT2D eigenvalue weighted by Crippen LogP contribution is 2.36. The van der Waals surface area contributed by atoms with E-state index in [0.717, 1.165) is 31.6 Å². The Labute approximate surface area is 174 Å². The van der Waals surface area contributed by atoms with E-state index in [1.54, 1.807) is 0 Å². The first kappa shape index (κ1) is 23.6. The van der Waals surface area contributed by atoms with Crippen molar-refractivity contribution in [2.45, 2.75) is 89.9 Å². The molecule has 0 heterocycles. The van der Waals surface area contributed by atoms with Crippen molar-refractivity contribution in [3.8, 4) is 5.75 Å². The van der Waals surface area contributed by atoms with Crippen LogP contribution in [0.5, 0.6) is 5.75 Å². The Morgan fingerprint density at radius 2 is 1.59 bits per heavy atom. The van der Waals surface area contributed by atoms with Crippen molar-refractivity contribution in [3.63, 3.8) is 0 Å². The molecule has 29 heavy (non-hydrogen) atoms. The Bertz CT molecular complexity index is 566. The van der Waals surface area contributed by atoms with Gasteiger partial charge in [0.25, 0.3) is 6.43 Å². The lowest BCUT2D eigenvalue weighted by Crippen LogP contribution is -2.24. The molecule has 0 saturated heterocycles. The fourth-order valence-corrected chi connectivity index (χ4v) is 4.01. The summed E-state index contributed by atoms with van der Waals surface area (Å²) in [5.41, 5.74) is 1.26. The van der Waals surface area contributed by atoms with Crippen molar-refractivity contribution < 1.29 is 23.0 Å². The third kappa shape index (κ3) is 9.14. The summed E-state index contributed by atoms with van der Waals surface area (Å²) in [6.45, 7) is 2.21. The van der Waals surface area contributed by atoms with E-state index >= 15 is 0 Å². The van der Waals surface area contributed by atoms with Crippen LogP contribution in [0.4, 0.5) is 8.78 Å². The number of ether oxygens (including phenoxy) is 2. The monoisotopic (exact) mass is 410 g/mol. The van der Waals surface area contributed by atoms with Crippen LogP contribution in [0.15, 0.2) is 24.3 Å². The maximum atomic E-state index is 12.2. The van der Waals surface area contributed by atoms with Gasteiger partial charge in [-0.3, -0.25) is 4.79 Å². The lowest BCUT2D eigenvalue weighted by molar-refractivity contribution is -0.153. The van der Waals surface area contributed by atoms with Crippen molar-refractivity contribution in [2.24, 2.45) is 5.92 Å². The third-order valence-electron chi connectivity index (χ3n) is 5.78. The summed E-state index contributed by atoms with van der Waals surface area (Å²) in [6, 6.07) is 8.28. The van der Waals surface area contributed by atoms with Gasteiger partial charge >= 0.3 is 5.97 Å². The van der Waals surface area contributed by atoms with E-state index in [1.165, 1.54) is 44.1 Å². The molecule has 1 aliphatic carbocycles. The molecular weight excluding hydrogens is 374 g/mol. The van der Waals surface area contributed by atoms with Gasteiger partial charge in [-0.1, -0.05) is 57.6 Å². The highest BCUT2D eigenvalue weighted by molar-refractivity contribution is 5.72. The number of hydrogen-bond acceptors (Lipinski definition) is 3. The first-order chi connectivity index (χ1) is 14.1. The van der Waals surface area contributed by atoms with Gasteiger partial charge in [-0.2, -0.15) is 0 Å². The first-order valence-corrected chi connectivity index (χ1v) is 11.3. The van der Waals surface area contributed by atoms with Gasteiger partial charge in [-0.25, -0.2) is 8.78 Å². The SMILES string of the molecule is CCCCCCCCCOc1ccc(C2CCC(C(=O)OCC(F)F)CC2)cc1. The summed E-state index contributed by atoms with van der Waals surface area (Å²) in [7, 11) is 0. The minimum absolute atomic E-state index is 0.241. The van der Waals surface area contributed by atoms with Gasteiger partial charge in [-0.05, 0) is 55.7 Å². The molecule has 0 unspecified atom stereocenters. The fourth-order valence-electron chi connectivity index (χ4n) is 4.01. The number of esters is 1. The molecule has 164 valence electrons. The van der Waals surface area contributed by atoms with E-state index in [4.69, 9.17) is 4.74 Å². The predicted octanol–water partition coefficient (Wildman–Crippen LogP) is 6.90. The molecule has 0 atom stereocenters. The van der Waals surface area contributed by atoms with Crippen LogP contribution < -0.4 is 4.74 Å². The maximum Gasteiger partial charge on any atom is 0.309 e. The number of carbonyl (C=O) groups excluding carboxylic acids is 1. The van der Waals surface area contributed by atoms with E-state index in [2.05, 4.69) is 23.8 Å². The molecule has 0 aromatic heterocycles. The number of halogens is 2. The van der Waals surface area contributed by atoms with E-state index < -0.39 is 19.0 Å². The van der Waals surface area contributed by atoms with Crippen LogP contribution in [0.25, 0.3) is 0 Å². The van der Waals surface area contributed by atoms with E-state index in [-0.39, 0.29) is 5.92 Å². The molecule has 1 aromatic rings. The molecule has 0 radical (unpaired) electrons. The van der Waals surface area contributed by atoms with Crippen molar-refractivity contribution in [3.05, 3.63) is 29.8 Å². The minimum Gasteiger partial charge on any atom is -0.494 e. The zero-order chi connectivity index (χ0) is 20.9. The lowest BCUT2D eigenvalue weighted by Gasteiger charge is -2.27. The van der Waals surface area contributed by atoms with Gasteiger partial charge < -0.3 is 9.47 Å². The Kier molecular flexibility index (Phi) is 11.0. The number of hydrogen-bond donors (Lipinski definition) is 0. The van der Waals surface area contributed by atoms with E-state index in [9.17, 15) is 13.6 Å². The highest BCUT2D eigenvalue weighted by Gasteiger charge is 2.28. The maximum absolute atomic E-state index is 12.2. The van der Waals surface area contributed by atoms with Gasteiger partial charge in [0.2, 0.25) is 0 Å². The minimum atomic E-state index is -2.60. The molecule has 5 heteroatoms. The topological polar surface area (TPSA) is 35.5 Å². The highest BCUT2D eigenvalue weighted by atomic mass is 19.3. The summed E-state index contributed by atoms with van der Waals surface area (Å²) < 4.78 is 34.8. The summed E-state index contributed by atoms with van der Waals surface area (Å²) in [4.78, 5) is 11.8. The van der Waals surface area contributed by atoms with Crippen LogP contribution in [-0.4, -0.2) is 25.6 Å². The Balaban J connectivity index is 1.63. The molecule has 0 aliphatic heterocycles. The number of rotatable bonds is 13. The molecule has 0 N–H and O–H groups in total.